The predicted octanol–water partition coefficient (Wildman–Crippen LogP) is 2.65. The van der Waals surface area contributed by atoms with Crippen molar-refractivity contribution < 1.29 is 19.4 Å². The lowest BCUT2D eigenvalue weighted by molar-refractivity contribution is -0.148. The minimum absolute atomic E-state index is 0.0257. The average Bonchev–Trinajstić information content (AvgIpc) is 2.46. The van der Waals surface area contributed by atoms with Crippen LogP contribution >= 0.6 is 11.6 Å². The SMILES string of the molecule is CCC(CC)(NC(=O)Cc1ccc(OC)cc1Cl)C(=O)O. The second kappa shape index (κ2) is 7.31. The van der Waals surface area contributed by atoms with E-state index < -0.39 is 11.5 Å². The van der Waals surface area contributed by atoms with E-state index in [1.807, 2.05) is 0 Å². The molecule has 0 saturated heterocycles. The summed E-state index contributed by atoms with van der Waals surface area (Å²) in [5.41, 5.74) is -0.600. The highest BCUT2D eigenvalue weighted by atomic mass is 35.5. The molecule has 0 spiro atoms. The Hall–Kier alpha value is -1.75. The summed E-state index contributed by atoms with van der Waals surface area (Å²) in [5.74, 6) is -0.791. The van der Waals surface area contributed by atoms with Gasteiger partial charge in [-0.3, -0.25) is 4.79 Å². The first-order chi connectivity index (χ1) is 9.88. The van der Waals surface area contributed by atoms with Crippen LogP contribution in [0.5, 0.6) is 5.75 Å². The van der Waals surface area contributed by atoms with E-state index in [2.05, 4.69) is 5.32 Å². The van der Waals surface area contributed by atoms with Crippen LogP contribution < -0.4 is 10.1 Å². The molecular formula is C15H20ClNO4. The highest BCUT2D eigenvalue weighted by Crippen LogP contribution is 2.23. The zero-order chi connectivity index (χ0) is 16.0. The largest absolute Gasteiger partial charge is 0.497 e. The number of carbonyl (C=O) groups is 2. The Morgan fingerprint density at radius 2 is 1.95 bits per heavy atom. The van der Waals surface area contributed by atoms with Gasteiger partial charge in [0.15, 0.2) is 0 Å². The van der Waals surface area contributed by atoms with E-state index in [0.29, 0.717) is 29.2 Å². The van der Waals surface area contributed by atoms with E-state index in [9.17, 15) is 14.7 Å². The third-order valence-electron chi connectivity index (χ3n) is 3.61. The molecule has 1 aromatic carbocycles. The Balaban J connectivity index is 2.84. The second-order valence-electron chi connectivity index (χ2n) is 4.78. The lowest BCUT2D eigenvalue weighted by Gasteiger charge is -2.28. The molecule has 0 radical (unpaired) electrons. The fourth-order valence-corrected chi connectivity index (χ4v) is 2.30. The van der Waals surface area contributed by atoms with Gasteiger partial charge in [-0.2, -0.15) is 0 Å². The zero-order valence-corrected chi connectivity index (χ0v) is 13.2. The van der Waals surface area contributed by atoms with E-state index in [-0.39, 0.29) is 12.3 Å². The van der Waals surface area contributed by atoms with Crippen LogP contribution in [-0.2, 0) is 16.0 Å². The van der Waals surface area contributed by atoms with Crippen molar-refractivity contribution in [2.45, 2.75) is 38.6 Å². The van der Waals surface area contributed by atoms with Crippen molar-refractivity contribution in [3.05, 3.63) is 28.8 Å². The van der Waals surface area contributed by atoms with E-state index in [1.54, 1.807) is 32.0 Å². The van der Waals surface area contributed by atoms with Crippen molar-refractivity contribution in [3.8, 4) is 5.75 Å². The van der Waals surface area contributed by atoms with E-state index >= 15 is 0 Å². The van der Waals surface area contributed by atoms with Crippen LogP contribution in [0.1, 0.15) is 32.3 Å². The summed E-state index contributed by atoms with van der Waals surface area (Å²) in [5, 5.41) is 12.3. The number of nitrogens with one attached hydrogen (secondary N) is 1. The smallest absolute Gasteiger partial charge is 0.329 e. The molecule has 5 nitrogen and oxygen atoms in total. The molecule has 0 heterocycles. The summed E-state index contributed by atoms with van der Waals surface area (Å²) in [6.45, 7) is 3.47. The molecule has 0 atom stereocenters. The molecule has 0 aliphatic heterocycles. The first-order valence-corrected chi connectivity index (χ1v) is 7.13. The second-order valence-corrected chi connectivity index (χ2v) is 5.18. The number of methoxy groups -OCH3 is 1. The molecule has 2 N–H and O–H groups in total. The number of amides is 1. The zero-order valence-electron chi connectivity index (χ0n) is 12.4. The van der Waals surface area contributed by atoms with Crippen molar-refractivity contribution >= 4 is 23.5 Å². The molecule has 21 heavy (non-hydrogen) atoms. The number of hydrogen-bond acceptors (Lipinski definition) is 3. The number of carbonyl (C=O) groups excluding carboxylic acids is 1. The molecule has 0 aliphatic carbocycles. The molecule has 6 heteroatoms. The lowest BCUT2D eigenvalue weighted by atomic mass is 9.92. The molecular weight excluding hydrogens is 294 g/mol. The minimum atomic E-state index is -1.23. The number of hydrogen-bond donors (Lipinski definition) is 2. The molecule has 0 saturated carbocycles. The van der Waals surface area contributed by atoms with Gasteiger partial charge in [-0.05, 0) is 30.5 Å². The summed E-state index contributed by atoms with van der Waals surface area (Å²) < 4.78 is 5.04. The fraction of sp³-hybridized carbons (Fsp3) is 0.467. The number of carboxylic acids is 1. The van der Waals surface area contributed by atoms with Gasteiger partial charge in [0.2, 0.25) is 5.91 Å². The van der Waals surface area contributed by atoms with Gasteiger partial charge < -0.3 is 15.2 Å². The molecule has 0 aromatic heterocycles. The third-order valence-corrected chi connectivity index (χ3v) is 3.96. The minimum Gasteiger partial charge on any atom is -0.497 e. The maximum Gasteiger partial charge on any atom is 0.329 e. The summed E-state index contributed by atoms with van der Waals surface area (Å²) in [6, 6.07) is 5.02. The van der Waals surface area contributed by atoms with Crippen LogP contribution in [0, 0.1) is 0 Å². The lowest BCUT2D eigenvalue weighted by Crippen LogP contribution is -2.54. The summed E-state index contributed by atoms with van der Waals surface area (Å²) in [4.78, 5) is 23.5. The van der Waals surface area contributed by atoms with Gasteiger partial charge in [0.05, 0.1) is 13.5 Å². The molecule has 0 unspecified atom stereocenters. The Morgan fingerprint density at radius 3 is 2.38 bits per heavy atom. The number of aliphatic carboxylic acids is 1. The molecule has 116 valence electrons. The molecule has 0 aliphatic rings. The van der Waals surface area contributed by atoms with Crippen LogP contribution in [0.4, 0.5) is 0 Å². The Bertz CT molecular complexity index is 526. The van der Waals surface area contributed by atoms with E-state index in [0.717, 1.165) is 0 Å². The van der Waals surface area contributed by atoms with Gasteiger partial charge >= 0.3 is 5.97 Å². The Morgan fingerprint density at radius 1 is 1.33 bits per heavy atom. The highest BCUT2D eigenvalue weighted by Gasteiger charge is 2.36. The topological polar surface area (TPSA) is 75.6 Å². The van der Waals surface area contributed by atoms with Gasteiger partial charge in [0.1, 0.15) is 11.3 Å². The average molecular weight is 314 g/mol. The van der Waals surface area contributed by atoms with Gasteiger partial charge in [-0.15, -0.1) is 0 Å². The first kappa shape index (κ1) is 17.3. The summed E-state index contributed by atoms with van der Waals surface area (Å²) >= 11 is 6.08. The summed E-state index contributed by atoms with van der Waals surface area (Å²) in [6.07, 6.45) is 0.666. The standard InChI is InChI=1S/C15H20ClNO4/c1-4-15(5-2,14(19)20)17-13(18)8-10-6-7-11(21-3)9-12(10)16/h6-7,9H,4-5,8H2,1-3H3,(H,17,18)(H,19,20). The van der Waals surface area contributed by atoms with Crippen molar-refractivity contribution in [1.29, 1.82) is 0 Å². The molecule has 0 bridgehead atoms. The van der Waals surface area contributed by atoms with Gasteiger partial charge in [-0.25, -0.2) is 4.79 Å². The fourth-order valence-electron chi connectivity index (χ4n) is 2.07. The number of carboxylic acid groups (broad SMARTS) is 1. The van der Waals surface area contributed by atoms with E-state index in [1.165, 1.54) is 7.11 Å². The van der Waals surface area contributed by atoms with Crippen LogP contribution in [0.25, 0.3) is 0 Å². The van der Waals surface area contributed by atoms with Crippen LogP contribution in [0.15, 0.2) is 18.2 Å². The maximum atomic E-state index is 12.1. The molecule has 0 fully saturated rings. The van der Waals surface area contributed by atoms with Crippen LogP contribution in [0.2, 0.25) is 5.02 Å². The normalized spacial score (nSPS) is 11.0. The summed E-state index contributed by atoms with van der Waals surface area (Å²) in [7, 11) is 1.53. The van der Waals surface area contributed by atoms with Crippen molar-refractivity contribution in [2.75, 3.05) is 7.11 Å². The van der Waals surface area contributed by atoms with Gasteiger partial charge in [-0.1, -0.05) is 31.5 Å². The highest BCUT2D eigenvalue weighted by molar-refractivity contribution is 6.31. The van der Waals surface area contributed by atoms with Crippen molar-refractivity contribution in [3.63, 3.8) is 0 Å². The number of ether oxygens (including phenoxy) is 1. The Labute approximate surface area is 129 Å². The quantitative estimate of drug-likeness (QED) is 0.811. The first-order valence-electron chi connectivity index (χ1n) is 6.75. The molecule has 1 aromatic rings. The van der Waals surface area contributed by atoms with Crippen LogP contribution in [-0.4, -0.2) is 29.6 Å². The third kappa shape index (κ3) is 4.11. The Kier molecular flexibility index (Phi) is 6.03. The number of benzene rings is 1. The van der Waals surface area contributed by atoms with Gasteiger partial charge in [0, 0.05) is 5.02 Å². The van der Waals surface area contributed by atoms with E-state index in [4.69, 9.17) is 16.3 Å². The van der Waals surface area contributed by atoms with Crippen LogP contribution in [0.3, 0.4) is 0 Å². The monoisotopic (exact) mass is 313 g/mol. The molecule has 1 amide bonds. The maximum absolute atomic E-state index is 12.1. The molecule has 1 rings (SSSR count). The van der Waals surface area contributed by atoms with Crippen molar-refractivity contribution in [2.24, 2.45) is 0 Å². The van der Waals surface area contributed by atoms with Crippen molar-refractivity contribution in [1.82, 2.24) is 5.32 Å². The van der Waals surface area contributed by atoms with Gasteiger partial charge in [0.25, 0.3) is 0 Å². The number of rotatable bonds is 7. The predicted molar refractivity (Wildman–Crippen MR) is 80.8 cm³/mol. The number of halogens is 1.